The number of methoxy groups -OCH3 is 1. The summed E-state index contributed by atoms with van der Waals surface area (Å²) in [6.45, 7) is 3.04. The number of ether oxygens (including phenoxy) is 2. The number of allylic oxidation sites excluding steroid dienone is 1. The molecule has 0 fully saturated rings. The molecule has 0 N–H and O–H groups in total. The van der Waals surface area contributed by atoms with Crippen LogP contribution in [0.2, 0.25) is 0 Å². The maximum Gasteiger partial charge on any atom is 0.330 e. The van der Waals surface area contributed by atoms with Crippen LogP contribution in [0.1, 0.15) is 13.8 Å². The Morgan fingerprint density at radius 2 is 2.00 bits per heavy atom. The highest BCUT2D eigenvalue weighted by atomic mass is 35.5. The van der Waals surface area contributed by atoms with Crippen LogP contribution in [0.15, 0.2) is 41.4 Å². The molecular formula is C16H18ClF2NO3. The zero-order valence-electron chi connectivity index (χ0n) is 13.1. The third kappa shape index (κ3) is 5.63. The Morgan fingerprint density at radius 1 is 1.39 bits per heavy atom. The number of carbonyl (C=O) groups is 1. The molecule has 0 saturated heterocycles. The number of esters is 1. The summed E-state index contributed by atoms with van der Waals surface area (Å²) in [7, 11) is 1.50. The molecule has 1 aromatic rings. The summed E-state index contributed by atoms with van der Waals surface area (Å²) in [5.41, 5.74) is 0.275. The van der Waals surface area contributed by atoms with Gasteiger partial charge in [0.1, 0.15) is 5.75 Å². The fraction of sp³-hybridized carbons (Fsp3) is 0.375. The van der Waals surface area contributed by atoms with E-state index in [0.29, 0.717) is 5.75 Å². The van der Waals surface area contributed by atoms with E-state index in [1.807, 2.05) is 0 Å². The first-order chi connectivity index (χ1) is 10.8. The first-order valence-electron chi connectivity index (χ1n) is 6.92. The van der Waals surface area contributed by atoms with E-state index >= 15 is 0 Å². The Hall–Kier alpha value is -1.95. The quantitative estimate of drug-likeness (QED) is 0.419. The molecule has 1 aromatic carbocycles. The Bertz CT molecular complexity index is 585. The van der Waals surface area contributed by atoms with Gasteiger partial charge in [0, 0.05) is 12.0 Å². The van der Waals surface area contributed by atoms with Gasteiger partial charge in [0.2, 0.25) is 0 Å². The molecule has 1 atom stereocenters. The van der Waals surface area contributed by atoms with E-state index in [0.717, 1.165) is 12.2 Å². The number of hydrogen-bond donors (Lipinski definition) is 0. The summed E-state index contributed by atoms with van der Waals surface area (Å²) in [5.74, 6) is -4.83. The highest BCUT2D eigenvalue weighted by Gasteiger charge is 2.40. The second kappa shape index (κ2) is 8.62. The van der Waals surface area contributed by atoms with Crippen LogP contribution in [0.3, 0.4) is 0 Å². The first kappa shape index (κ1) is 19.1. The minimum Gasteiger partial charge on any atom is -0.497 e. The maximum atomic E-state index is 14.2. The molecule has 0 amide bonds. The van der Waals surface area contributed by atoms with Crippen molar-refractivity contribution in [1.29, 1.82) is 0 Å². The molecule has 23 heavy (non-hydrogen) atoms. The van der Waals surface area contributed by atoms with Crippen molar-refractivity contribution in [2.24, 2.45) is 10.9 Å². The minimum atomic E-state index is -3.41. The number of carbonyl (C=O) groups excluding carboxylic acids is 1. The second-order valence-electron chi connectivity index (χ2n) is 4.62. The molecule has 0 heterocycles. The van der Waals surface area contributed by atoms with Crippen LogP contribution in [-0.2, 0) is 9.53 Å². The molecule has 0 aromatic heterocycles. The lowest BCUT2D eigenvalue weighted by Gasteiger charge is -2.19. The standard InChI is InChI=1S/C16H18ClF2NO3/c1-4-23-14(21)10-5-11(2)16(18,19)15(17)20-12-6-8-13(22-3)9-7-12/h5-11H,4H2,1-3H3/b10-5+,20-15?. The number of alkyl halides is 2. The molecular weight excluding hydrogens is 328 g/mol. The number of halogens is 3. The Kier molecular flexibility index (Phi) is 7.16. The van der Waals surface area contributed by atoms with Crippen molar-refractivity contribution in [1.82, 2.24) is 0 Å². The third-order valence-electron chi connectivity index (χ3n) is 2.95. The van der Waals surface area contributed by atoms with E-state index in [-0.39, 0.29) is 12.3 Å². The van der Waals surface area contributed by atoms with E-state index in [1.54, 1.807) is 19.1 Å². The van der Waals surface area contributed by atoms with Gasteiger partial charge in [-0.2, -0.15) is 8.78 Å². The fourth-order valence-corrected chi connectivity index (χ4v) is 1.84. The fourth-order valence-electron chi connectivity index (χ4n) is 1.57. The molecule has 7 heteroatoms. The van der Waals surface area contributed by atoms with Crippen LogP contribution in [0.25, 0.3) is 0 Å². The molecule has 4 nitrogen and oxygen atoms in total. The number of nitrogens with zero attached hydrogens (tertiary/aromatic N) is 1. The smallest absolute Gasteiger partial charge is 0.330 e. The van der Waals surface area contributed by atoms with E-state index in [4.69, 9.17) is 16.3 Å². The van der Waals surface area contributed by atoms with E-state index in [9.17, 15) is 13.6 Å². The van der Waals surface area contributed by atoms with Gasteiger partial charge in [-0.1, -0.05) is 24.6 Å². The summed E-state index contributed by atoms with van der Waals surface area (Å²) in [4.78, 5) is 14.9. The number of hydrogen-bond acceptors (Lipinski definition) is 4. The van der Waals surface area contributed by atoms with Crippen molar-refractivity contribution in [2.75, 3.05) is 13.7 Å². The molecule has 1 rings (SSSR count). The van der Waals surface area contributed by atoms with Crippen LogP contribution in [-0.4, -0.2) is 30.8 Å². The number of rotatable bonds is 7. The van der Waals surface area contributed by atoms with Crippen molar-refractivity contribution in [2.45, 2.75) is 19.8 Å². The minimum absolute atomic E-state index is 0.174. The van der Waals surface area contributed by atoms with E-state index in [2.05, 4.69) is 9.73 Å². The van der Waals surface area contributed by atoms with Gasteiger partial charge in [0.05, 0.1) is 19.4 Å². The summed E-state index contributed by atoms with van der Waals surface area (Å²) in [6.07, 6.45) is 2.00. The summed E-state index contributed by atoms with van der Waals surface area (Å²) in [5, 5.41) is -0.858. The van der Waals surface area contributed by atoms with Crippen LogP contribution in [0.4, 0.5) is 14.5 Å². The van der Waals surface area contributed by atoms with Crippen molar-refractivity contribution in [3.8, 4) is 5.75 Å². The second-order valence-corrected chi connectivity index (χ2v) is 4.98. The molecule has 0 aliphatic heterocycles. The average molecular weight is 346 g/mol. The summed E-state index contributed by atoms with van der Waals surface area (Å²) >= 11 is 5.67. The molecule has 0 spiro atoms. The lowest BCUT2D eigenvalue weighted by molar-refractivity contribution is -0.137. The molecule has 0 bridgehead atoms. The van der Waals surface area contributed by atoms with Crippen molar-refractivity contribution in [3.05, 3.63) is 36.4 Å². The van der Waals surface area contributed by atoms with Crippen molar-refractivity contribution < 1.29 is 23.0 Å². The van der Waals surface area contributed by atoms with Gasteiger partial charge in [-0.3, -0.25) is 0 Å². The molecule has 1 unspecified atom stereocenters. The Balaban J connectivity index is 2.87. The van der Waals surface area contributed by atoms with Crippen molar-refractivity contribution in [3.63, 3.8) is 0 Å². The van der Waals surface area contributed by atoms with Gasteiger partial charge in [-0.05, 0) is 31.2 Å². The average Bonchev–Trinajstić information content (AvgIpc) is 2.53. The predicted octanol–water partition coefficient (Wildman–Crippen LogP) is 4.35. The lowest BCUT2D eigenvalue weighted by Crippen LogP contribution is -2.31. The van der Waals surface area contributed by atoms with Crippen LogP contribution in [0, 0.1) is 5.92 Å². The molecule has 0 saturated carbocycles. The maximum absolute atomic E-state index is 14.2. The lowest BCUT2D eigenvalue weighted by atomic mass is 10.0. The highest BCUT2D eigenvalue weighted by Crippen LogP contribution is 2.31. The van der Waals surface area contributed by atoms with E-state index in [1.165, 1.54) is 26.2 Å². The SMILES string of the molecule is CCOC(=O)/C=C/C(C)C(F)(F)C(Cl)=Nc1ccc(OC)cc1. The molecule has 0 aliphatic carbocycles. The number of aliphatic imine (C=N–C) groups is 1. The summed E-state index contributed by atoms with van der Waals surface area (Å²) in [6, 6.07) is 6.20. The zero-order chi connectivity index (χ0) is 17.5. The van der Waals surface area contributed by atoms with Crippen LogP contribution in [0.5, 0.6) is 5.75 Å². The Labute approximate surface area is 138 Å². The van der Waals surface area contributed by atoms with Gasteiger partial charge in [-0.15, -0.1) is 0 Å². The summed E-state index contributed by atoms with van der Waals surface area (Å²) < 4.78 is 38.0. The molecule has 126 valence electrons. The largest absolute Gasteiger partial charge is 0.497 e. The topological polar surface area (TPSA) is 47.9 Å². The third-order valence-corrected chi connectivity index (χ3v) is 3.29. The molecule has 0 aliphatic rings. The van der Waals surface area contributed by atoms with Crippen LogP contribution >= 0.6 is 11.6 Å². The van der Waals surface area contributed by atoms with Gasteiger partial charge >= 0.3 is 11.9 Å². The van der Waals surface area contributed by atoms with E-state index < -0.39 is 23.0 Å². The monoisotopic (exact) mass is 345 g/mol. The molecule has 0 radical (unpaired) electrons. The van der Waals surface area contributed by atoms with Crippen LogP contribution < -0.4 is 4.74 Å². The van der Waals surface area contributed by atoms with Crippen molar-refractivity contribution >= 4 is 28.4 Å². The highest BCUT2D eigenvalue weighted by molar-refractivity contribution is 6.67. The zero-order valence-corrected chi connectivity index (χ0v) is 13.8. The van der Waals surface area contributed by atoms with Gasteiger partial charge in [0.15, 0.2) is 5.17 Å². The Morgan fingerprint density at radius 3 is 2.52 bits per heavy atom. The normalized spacial score (nSPS) is 13.9. The van der Waals surface area contributed by atoms with Gasteiger partial charge < -0.3 is 9.47 Å². The van der Waals surface area contributed by atoms with Gasteiger partial charge in [0.25, 0.3) is 0 Å². The predicted molar refractivity (Wildman–Crippen MR) is 85.8 cm³/mol. The number of benzene rings is 1. The first-order valence-corrected chi connectivity index (χ1v) is 7.30. The van der Waals surface area contributed by atoms with Gasteiger partial charge in [-0.25, -0.2) is 9.79 Å².